The van der Waals surface area contributed by atoms with Crippen molar-refractivity contribution in [2.24, 2.45) is 0 Å². The van der Waals surface area contributed by atoms with Crippen molar-refractivity contribution >= 4 is 21.3 Å². The molecule has 0 fully saturated rings. The average Bonchev–Trinajstić information content (AvgIpc) is 1.66. The molecule has 4 nitrogen and oxygen atoms in total. The zero-order chi connectivity index (χ0) is 6.41. The van der Waals surface area contributed by atoms with Crippen molar-refractivity contribution in [3.8, 4) is 6.26 Å². The molecule has 0 amide bonds. The first-order valence-corrected chi connectivity index (χ1v) is 3.58. The molecule has 0 aromatic heterocycles. The average molecular weight is 180 g/mol. The van der Waals surface area contributed by atoms with Crippen LogP contribution in [0.2, 0.25) is 5.32 Å². The maximum absolute atomic E-state index is 9.70. The van der Waals surface area contributed by atoms with E-state index in [2.05, 4.69) is 3.82 Å². The summed E-state index contributed by atoms with van der Waals surface area (Å²) < 4.78 is 4.13. The van der Waals surface area contributed by atoms with Gasteiger partial charge in [0, 0.05) is 0 Å². The van der Waals surface area contributed by atoms with Crippen LogP contribution in [-0.4, -0.2) is 26.4 Å². The molecule has 44 valence electrons. The second kappa shape index (κ2) is 4.44. The maximum atomic E-state index is 9.70. The van der Waals surface area contributed by atoms with Gasteiger partial charge in [0.05, 0.1) is 0 Å². The molecule has 8 heavy (non-hydrogen) atoms. The van der Waals surface area contributed by atoms with Crippen LogP contribution in [0.3, 0.4) is 0 Å². The van der Waals surface area contributed by atoms with Crippen LogP contribution in [0.1, 0.15) is 0 Å². The molecule has 0 radical (unpaired) electrons. The first-order chi connectivity index (χ1) is 3.77. The topological polar surface area (TPSA) is 70.3 Å². The molecule has 5 heteroatoms. The molecule has 0 aliphatic carbocycles. The van der Waals surface area contributed by atoms with E-state index in [0.717, 1.165) is 0 Å². The van der Waals surface area contributed by atoms with Gasteiger partial charge < -0.3 is 0 Å². The van der Waals surface area contributed by atoms with Gasteiger partial charge in [-0.25, -0.2) is 0 Å². The summed E-state index contributed by atoms with van der Waals surface area (Å²) in [5, 5.41) is 15.6. The predicted octanol–water partition coefficient (Wildman–Crippen LogP) is -0.394. The Morgan fingerprint density at radius 1 is 2.00 bits per heavy atom. The molecule has 0 bridgehead atoms. The third kappa shape index (κ3) is 5.28. The number of nitriles is 1. The Balaban J connectivity index is 2.97. The summed E-state index contributed by atoms with van der Waals surface area (Å²) in [5.74, 6) is -0.930. The molecule has 0 atom stereocenters. The number of aliphatic carboxylic acids is 1. The Morgan fingerprint density at radius 3 is 3.00 bits per heavy atom. The van der Waals surface area contributed by atoms with Crippen LogP contribution in [0.25, 0.3) is 0 Å². The first-order valence-electron chi connectivity index (χ1n) is 1.66. The molecule has 0 aliphatic rings. The van der Waals surface area contributed by atoms with Crippen molar-refractivity contribution in [3.63, 3.8) is 0 Å². The summed E-state index contributed by atoms with van der Waals surface area (Å²) in [7, 11) is 0. The van der Waals surface area contributed by atoms with E-state index in [1.165, 1.54) is 6.26 Å². The Kier molecular flexibility index (Phi) is 4.04. The summed E-state index contributed by atoms with van der Waals surface area (Å²) in [6.07, 6.45) is 1.39. The van der Waals surface area contributed by atoms with Crippen LogP contribution in [0.5, 0.6) is 0 Å². The van der Waals surface area contributed by atoms with Gasteiger partial charge in [0.2, 0.25) is 0 Å². The van der Waals surface area contributed by atoms with Crippen molar-refractivity contribution in [2.45, 2.75) is 5.32 Å². The molecule has 0 aromatic carbocycles. The minimum atomic E-state index is -0.930. The molecule has 0 unspecified atom stereocenters. The van der Waals surface area contributed by atoms with Crippen molar-refractivity contribution in [1.82, 2.24) is 0 Å². The number of carboxylic acids is 1. The van der Waals surface area contributed by atoms with Gasteiger partial charge in [-0.05, 0) is 0 Å². The molecule has 0 aliphatic heterocycles. The molecule has 0 heterocycles. The van der Waals surface area contributed by atoms with E-state index in [-0.39, 0.29) is 5.32 Å². The van der Waals surface area contributed by atoms with E-state index in [0.29, 0.717) is 0 Å². The standard InChI is InChI=1S/C3H3NO3Se/c4-2-7-8-1-3(5)6/h1H2,(H,5,6). The van der Waals surface area contributed by atoms with Gasteiger partial charge in [-0.3, -0.25) is 0 Å². The van der Waals surface area contributed by atoms with Gasteiger partial charge in [0.25, 0.3) is 0 Å². The summed E-state index contributed by atoms with van der Waals surface area (Å²) in [5.41, 5.74) is 0. The number of hydrogen-bond acceptors (Lipinski definition) is 3. The molecule has 0 saturated carbocycles. The van der Waals surface area contributed by atoms with Gasteiger partial charge in [0.1, 0.15) is 0 Å². The number of carbonyl (C=O) groups is 1. The Morgan fingerprint density at radius 2 is 2.62 bits per heavy atom. The summed E-state index contributed by atoms with van der Waals surface area (Å²) in [4.78, 5) is 9.70. The molecule has 0 spiro atoms. The minimum absolute atomic E-state index is 0.0550. The number of nitrogens with zero attached hydrogens (tertiary/aromatic N) is 1. The van der Waals surface area contributed by atoms with Gasteiger partial charge >= 0.3 is 51.8 Å². The van der Waals surface area contributed by atoms with Crippen LogP contribution >= 0.6 is 0 Å². The van der Waals surface area contributed by atoms with E-state index in [4.69, 9.17) is 10.4 Å². The van der Waals surface area contributed by atoms with E-state index >= 15 is 0 Å². The number of carboxylic acid groups (broad SMARTS) is 1. The Labute approximate surface area is 52.5 Å². The normalized spacial score (nSPS) is 7.38. The summed E-state index contributed by atoms with van der Waals surface area (Å²) in [6.45, 7) is 0. The monoisotopic (exact) mass is 181 g/mol. The number of rotatable bonds is 3. The van der Waals surface area contributed by atoms with Crippen molar-refractivity contribution in [3.05, 3.63) is 0 Å². The molecular formula is C3H3NO3Se. The molecule has 1 N–H and O–H groups in total. The van der Waals surface area contributed by atoms with E-state index in [9.17, 15) is 4.79 Å². The first kappa shape index (κ1) is 7.28. The molecular weight excluding hydrogens is 177 g/mol. The van der Waals surface area contributed by atoms with Gasteiger partial charge in [0.15, 0.2) is 0 Å². The van der Waals surface area contributed by atoms with Gasteiger partial charge in [-0.15, -0.1) is 0 Å². The zero-order valence-electron chi connectivity index (χ0n) is 3.83. The van der Waals surface area contributed by atoms with Crippen LogP contribution in [0.15, 0.2) is 0 Å². The van der Waals surface area contributed by atoms with Crippen molar-refractivity contribution < 1.29 is 13.7 Å². The fraction of sp³-hybridized carbons (Fsp3) is 0.333. The van der Waals surface area contributed by atoms with Crippen LogP contribution in [-0.2, 0) is 8.61 Å². The number of hydrogen-bond donors (Lipinski definition) is 1. The summed E-state index contributed by atoms with van der Waals surface area (Å²) in [6, 6.07) is 0. The SMILES string of the molecule is N#CO[Se]CC(=O)O. The Hall–Kier alpha value is -0.721. The fourth-order valence-corrected chi connectivity index (χ4v) is 0.552. The molecule has 0 saturated heterocycles. The van der Waals surface area contributed by atoms with Crippen LogP contribution in [0.4, 0.5) is 0 Å². The summed E-state index contributed by atoms with van der Waals surface area (Å²) >= 11 is -0.513. The van der Waals surface area contributed by atoms with Crippen molar-refractivity contribution in [2.75, 3.05) is 0 Å². The molecule has 0 rings (SSSR count). The van der Waals surface area contributed by atoms with Crippen molar-refractivity contribution in [1.29, 1.82) is 5.26 Å². The van der Waals surface area contributed by atoms with Gasteiger partial charge in [-0.1, -0.05) is 0 Å². The third-order valence-corrected chi connectivity index (χ3v) is 1.45. The second-order valence-corrected chi connectivity index (χ2v) is 2.28. The van der Waals surface area contributed by atoms with E-state index in [1.807, 2.05) is 0 Å². The van der Waals surface area contributed by atoms with E-state index in [1.54, 1.807) is 0 Å². The quantitative estimate of drug-likeness (QED) is 0.364. The predicted molar refractivity (Wildman–Crippen MR) is 24.9 cm³/mol. The fourth-order valence-electron chi connectivity index (χ4n) is 0.106. The van der Waals surface area contributed by atoms with E-state index < -0.39 is 21.3 Å². The van der Waals surface area contributed by atoms with Crippen LogP contribution in [0, 0.1) is 11.5 Å². The molecule has 0 aromatic rings. The van der Waals surface area contributed by atoms with Crippen LogP contribution < -0.4 is 0 Å². The van der Waals surface area contributed by atoms with Gasteiger partial charge in [-0.2, -0.15) is 0 Å². The second-order valence-electron chi connectivity index (χ2n) is 0.831. The third-order valence-electron chi connectivity index (χ3n) is 0.279. The zero-order valence-corrected chi connectivity index (χ0v) is 5.54. The Bertz CT molecular complexity index is 118.